The van der Waals surface area contributed by atoms with Crippen LogP contribution in [0.4, 0.5) is 0 Å². The van der Waals surface area contributed by atoms with Crippen LogP contribution in [-0.2, 0) is 0 Å². The van der Waals surface area contributed by atoms with Gasteiger partial charge in [0.15, 0.2) is 0 Å². The molecule has 2 rings (SSSR count). The molecule has 0 spiro atoms. The van der Waals surface area contributed by atoms with Crippen LogP contribution in [0.1, 0.15) is 172 Å². The van der Waals surface area contributed by atoms with E-state index in [1.807, 2.05) is 0 Å². The highest BCUT2D eigenvalue weighted by molar-refractivity contribution is 5.20. The summed E-state index contributed by atoms with van der Waals surface area (Å²) in [6.07, 6.45) is 21.2. The number of hydrogen-bond acceptors (Lipinski definition) is 0. The summed E-state index contributed by atoms with van der Waals surface area (Å²) in [5.74, 6) is 2.70. The Morgan fingerprint density at radius 3 is 1.91 bits per heavy atom. The van der Waals surface area contributed by atoms with Crippen molar-refractivity contribution in [2.45, 2.75) is 172 Å². The summed E-state index contributed by atoms with van der Waals surface area (Å²) in [5, 5.41) is 0. The maximum Gasteiger partial charge on any atom is -0.0207 e. The maximum absolute atomic E-state index is 2.76. The number of unbranched alkanes of at least 4 members (excludes halogenated alkanes) is 2. The molecule has 0 N–H and O–H groups in total. The fourth-order valence-corrected chi connectivity index (χ4v) is 9.54. The average molecular weight is 475 g/mol. The lowest BCUT2D eigenvalue weighted by atomic mass is 9.57. The zero-order chi connectivity index (χ0) is 25.8. The van der Waals surface area contributed by atoms with Crippen LogP contribution in [0, 0.1) is 44.8 Å². The van der Waals surface area contributed by atoms with E-state index in [0.717, 1.165) is 17.8 Å². The van der Waals surface area contributed by atoms with Gasteiger partial charge in [0.1, 0.15) is 0 Å². The molecule has 7 atom stereocenters. The second kappa shape index (κ2) is 11.6. The summed E-state index contributed by atoms with van der Waals surface area (Å²) >= 11 is 0. The van der Waals surface area contributed by atoms with Crippen LogP contribution in [0.2, 0.25) is 0 Å². The Kier molecular flexibility index (Phi) is 10.3. The molecule has 0 aromatic rings. The molecule has 0 heterocycles. The number of rotatable bonds is 13. The lowest BCUT2D eigenvalue weighted by molar-refractivity contribution is 0.0190. The van der Waals surface area contributed by atoms with Crippen LogP contribution in [-0.4, -0.2) is 0 Å². The highest BCUT2D eigenvalue weighted by atomic mass is 14.8. The maximum atomic E-state index is 2.76. The van der Waals surface area contributed by atoms with Crippen LogP contribution in [0.5, 0.6) is 0 Å². The molecular formula is C34H66. The van der Waals surface area contributed by atoms with E-state index in [1.165, 1.54) is 96.3 Å². The van der Waals surface area contributed by atoms with Gasteiger partial charge in [0, 0.05) is 0 Å². The van der Waals surface area contributed by atoms with Crippen molar-refractivity contribution < 1.29 is 0 Å². The van der Waals surface area contributed by atoms with Crippen molar-refractivity contribution in [1.82, 2.24) is 0 Å². The molecule has 2 aliphatic rings. The molecule has 2 saturated carbocycles. The molecule has 0 nitrogen and oxygen atoms in total. The van der Waals surface area contributed by atoms with Crippen LogP contribution in [0.15, 0.2) is 0 Å². The van der Waals surface area contributed by atoms with Gasteiger partial charge in [-0.2, -0.15) is 0 Å². The first-order valence-electron chi connectivity index (χ1n) is 15.9. The Morgan fingerprint density at radius 1 is 0.765 bits per heavy atom. The molecule has 0 saturated heterocycles. The number of fused-ring (bicyclic) bond motifs is 1. The van der Waals surface area contributed by atoms with Crippen molar-refractivity contribution in [3.05, 3.63) is 0 Å². The average Bonchev–Trinajstić information content (AvgIpc) is 3.20. The summed E-state index contributed by atoms with van der Waals surface area (Å²) in [6.45, 7) is 28.4. The molecule has 2 aliphatic carbocycles. The number of hydrogen-bond donors (Lipinski definition) is 0. The first-order valence-corrected chi connectivity index (χ1v) is 15.9. The van der Waals surface area contributed by atoms with Crippen molar-refractivity contribution in [3.63, 3.8) is 0 Å². The molecule has 7 unspecified atom stereocenters. The monoisotopic (exact) mass is 475 g/mol. The largest absolute Gasteiger partial charge is 0.0654 e. The van der Waals surface area contributed by atoms with Crippen LogP contribution < -0.4 is 0 Å². The summed E-state index contributed by atoms with van der Waals surface area (Å²) in [6, 6.07) is 0. The van der Waals surface area contributed by atoms with Crippen LogP contribution in [0.3, 0.4) is 0 Å². The van der Waals surface area contributed by atoms with Gasteiger partial charge in [0.25, 0.3) is 0 Å². The van der Waals surface area contributed by atoms with Crippen LogP contribution in [0.25, 0.3) is 0 Å². The summed E-state index contributed by atoms with van der Waals surface area (Å²) in [7, 11) is 0. The van der Waals surface area contributed by atoms with Crippen molar-refractivity contribution in [3.8, 4) is 0 Å². The van der Waals surface area contributed by atoms with E-state index in [2.05, 4.69) is 76.2 Å². The normalized spacial score (nSPS) is 37.0. The summed E-state index contributed by atoms with van der Waals surface area (Å²) < 4.78 is 0. The minimum absolute atomic E-state index is 0.479. The van der Waals surface area contributed by atoms with Crippen LogP contribution >= 0.6 is 0 Å². The third-order valence-corrected chi connectivity index (χ3v) is 12.8. The van der Waals surface area contributed by atoms with Gasteiger partial charge < -0.3 is 0 Å². The topological polar surface area (TPSA) is 0 Å². The molecule has 0 amide bonds. The molecule has 2 fully saturated rings. The molecule has 34 heavy (non-hydrogen) atoms. The minimum atomic E-state index is 0.479. The van der Waals surface area contributed by atoms with Gasteiger partial charge in [-0.3, -0.25) is 0 Å². The van der Waals surface area contributed by atoms with E-state index in [-0.39, 0.29) is 0 Å². The van der Waals surface area contributed by atoms with Crippen molar-refractivity contribution in [2.24, 2.45) is 44.8 Å². The molecule has 0 heteroatoms. The molecule has 0 radical (unpaired) electrons. The van der Waals surface area contributed by atoms with Gasteiger partial charge in [-0.15, -0.1) is 0 Å². The zero-order valence-corrected chi connectivity index (χ0v) is 25.8. The molecule has 0 aromatic heterocycles. The predicted octanol–water partition coefficient (Wildman–Crippen LogP) is 11.9. The van der Waals surface area contributed by atoms with Crippen molar-refractivity contribution in [2.75, 3.05) is 0 Å². The molecule has 0 bridgehead atoms. The molecular weight excluding hydrogens is 408 g/mol. The second-order valence-corrected chi connectivity index (χ2v) is 14.7. The Hall–Kier alpha value is 0. The predicted molar refractivity (Wildman–Crippen MR) is 154 cm³/mol. The second-order valence-electron chi connectivity index (χ2n) is 14.7. The summed E-state index contributed by atoms with van der Waals surface area (Å²) in [5.41, 5.74) is 2.49. The first-order chi connectivity index (χ1) is 15.9. The quantitative estimate of drug-likeness (QED) is 0.249. The standard InChI is InChI=1S/C34H66/c1-12-17-23-31(8,22-15-4)27-21-19-25-33(10,32(9,16-5)24-18-13-2)26-29-30(6,7)34(29,11)28(27)20-14-3/h27-29H,12-26H2,1-11H3. The summed E-state index contributed by atoms with van der Waals surface area (Å²) in [4.78, 5) is 0. The Bertz CT molecular complexity index is 618. The fraction of sp³-hybridized carbons (Fsp3) is 1.00. The zero-order valence-electron chi connectivity index (χ0n) is 25.8. The Balaban J connectivity index is 2.55. The van der Waals surface area contributed by atoms with Gasteiger partial charge in [-0.1, -0.05) is 128 Å². The minimum Gasteiger partial charge on any atom is -0.0654 e. The fourth-order valence-electron chi connectivity index (χ4n) is 9.54. The van der Waals surface area contributed by atoms with Gasteiger partial charge in [0.2, 0.25) is 0 Å². The molecule has 0 aliphatic heterocycles. The van der Waals surface area contributed by atoms with E-state index >= 15 is 0 Å². The van der Waals surface area contributed by atoms with Gasteiger partial charge >= 0.3 is 0 Å². The van der Waals surface area contributed by atoms with E-state index in [0.29, 0.717) is 27.1 Å². The van der Waals surface area contributed by atoms with E-state index in [1.54, 1.807) is 0 Å². The van der Waals surface area contributed by atoms with Gasteiger partial charge in [-0.25, -0.2) is 0 Å². The Labute approximate surface area is 217 Å². The van der Waals surface area contributed by atoms with E-state index in [9.17, 15) is 0 Å². The molecule has 202 valence electrons. The lowest BCUT2D eigenvalue weighted by Crippen LogP contribution is -2.38. The van der Waals surface area contributed by atoms with E-state index in [4.69, 9.17) is 0 Å². The van der Waals surface area contributed by atoms with Gasteiger partial charge in [0.05, 0.1) is 0 Å². The smallest absolute Gasteiger partial charge is 0.0207 e. The first kappa shape index (κ1) is 30.2. The SMILES string of the molecule is CCCCC(C)(CCC)C1CCCC(C)(C(C)(CC)CCCC)CC2C(C)(C)C2(C)C1CCC. The van der Waals surface area contributed by atoms with E-state index < -0.39 is 0 Å². The highest BCUT2D eigenvalue weighted by Gasteiger charge is 2.73. The third kappa shape index (κ3) is 5.32. The van der Waals surface area contributed by atoms with Crippen molar-refractivity contribution >= 4 is 0 Å². The molecule has 0 aromatic carbocycles. The van der Waals surface area contributed by atoms with Crippen molar-refractivity contribution in [1.29, 1.82) is 0 Å². The Morgan fingerprint density at radius 2 is 1.38 bits per heavy atom. The lowest BCUT2D eigenvalue weighted by Gasteiger charge is -2.48. The van der Waals surface area contributed by atoms with Gasteiger partial charge in [-0.05, 0) is 89.8 Å². The highest BCUT2D eigenvalue weighted by Crippen LogP contribution is 2.79. The third-order valence-electron chi connectivity index (χ3n) is 12.8.